The van der Waals surface area contributed by atoms with Crippen LogP contribution in [0.4, 0.5) is 5.69 Å². The zero-order chi connectivity index (χ0) is 13.1. The van der Waals surface area contributed by atoms with Crippen LogP contribution in [0.25, 0.3) is 0 Å². The van der Waals surface area contributed by atoms with Gasteiger partial charge in [0.2, 0.25) is 0 Å². The van der Waals surface area contributed by atoms with Crippen LogP contribution < -0.4 is 5.73 Å². The van der Waals surface area contributed by atoms with Gasteiger partial charge in [-0.2, -0.15) is 0 Å². The van der Waals surface area contributed by atoms with Crippen molar-refractivity contribution in [1.82, 2.24) is 4.90 Å². The molecule has 2 rings (SSSR count). The number of halogens is 1. The number of carbonyl (C=O) groups is 1. The number of nitrogens with zero attached hydrogens (tertiary/aromatic N) is 1. The highest BCUT2D eigenvalue weighted by molar-refractivity contribution is 9.10. The van der Waals surface area contributed by atoms with E-state index in [1.165, 1.54) is 0 Å². The molecule has 1 aromatic heterocycles. The van der Waals surface area contributed by atoms with Gasteiger partial charge in [-0.05, 0) is 39.7 Å². The van der Waals surface area contributed by atoms with Gasteiger partial charge in [-0.15, -0.1) is 0 Å². The summed E-state index contributed by atoms with van der Waals surface area (Å²) >= 11 is 3.17. The molecular formula is C13H13BrN2O2. The molecule has 2 N–H and O–H groups in total. The number of nitrogens with two attached hydrogens (primary N) is 1. The van der Waals surface area contributed by atoms with E-state index in [4.69, 9.17) is 10.2 Å². The van der Waals surface area contributed by atoms with Crippen LogP contribution in [0, 0.1) is 0 Å². The first kappa shape index (κ1) is 12.7. The summed E-state index contributed by atoms with van der Waals surface area (Å²) in [4.78, 5) is 13.6. The van der Waals surface area contributed by atoms with E-state index in [2.05, 4.69) is 15.9 Å². The van der Waals surface area contributed by atoms with Gasteiger partial charge in [0.1, 0.15) is 0 Å². The standard InChI is InChI=1S/C13H13BrN2O2/c1-16(8-9-4-2-3-5-10(9)15)13(17)11-6-7-12(14)18-11/h2-7H,8,15H2,1H3. The first-order valence-corrected chi connectivity index (χ1v) is 6.21. The lowest BCUT2D eigenvalue weighted by atomic mass is 10.1. The first-order valence-electron chi connectivity index (χ1n) is 5.42. The molecule has 0 bridgehead atoms. The maximum Gasteiger partial charge on any atom is 0.289 e. The third kappa shape index (κ3) is 2.73. The number of anilines is 1. The number of hydrogen-bond donors (Lipinski definition) is 1. The van der Waals surface area contributed by atoms with Crippen molar-refractivity contribution in [3.63, 3.8) is 0 Å². The smallest absolute Gasteiger partial charge is 0.289 e. The third-order valence-electron chi connectivity index (χ3n) is 2.59. The summed E-state index contributed by atoms with van der Waals surface area (Å²) in [6.45, 7) is 0.448. The Labute approximate surface area is 114 Å². The van der Waals surface area contributed by atoms with Crippen molar-refractivity contribution in [1.29, 1.82) is 0 Å². The van der Waals surface area contributed by atoms with E-state index in [1.807, 2.05) is 24.3 Å². The molecule has 94 valence electrons. The molecule has 0 aliphatic carbocycles. The lowest BCUT2D eigenvalue weighted by Crippen LogP contribution is -2.26. The molecule has 5 heteroatoms. The van der Waals surface area contributed by atoms with Crippen molar-refractivity contribution < 1.29 is 9.21 Å². The molecule has 2 aromatic rings. The van der Waals surface area contributed by atoms with Crippen molar-refractivity contribution in [2.45, 2.75) is 6.54 Å². The SMILES string of the molecule is CN(Cc1ccccc1N)C(=O)c1ccc(Br)o1. The van der Waals surface area contributed by atoms with Gasteiger partial charge < -0.3 is 15.1 Å². The maximum absolute atomic E-state index is 12.0. The van der Waals surface area contributed by atoms with Crippen LogP contribution in [0.1, 0.15) is 16.1 Å². The lowest BCUT2D eigenvalue weighted by molar-refractivity contribution is 0.0752. The average molecular weight is 309 g/mol. The zero-order valence-corrected chi connectivity index (χ0v) is 11.5. The van der Waals surface area contributed by atoms with Crippen molar-refractivity contribution in [2.75, 3.05) is 12.8 Å². The second-order valence-corrected chi connectivity index (χ2v) is 4.75. The van der Waals surface area contributed by atoms with Crippen molar-refractivity contribution in [2.24, 2.45) is 0 Å². The fourth-order valence-corrected chi connectivity index (χ4v) is 1.93. The monoisotopic (exact) mass is 308 g/mol. The van der Waals surface area contributed by atoms with Gasteiger partial charge in [0.05, 0.1) is 0 Å². The van der Waals surface area contributed by atoms with Crippen LogP contribution >= 0.6 is 15.9 Å². The summed E-state index contributed by atoms with van der Waals surface area (Å²) < 4.78 is 5.77. The Morgan fingerprint density at radius 1 is 1.33 bits per heavy atom. The average Bonchev–Trinajstić information content (AvgIpc) is 2.78. The molecule has 4 nitrogen and oxygen atoms in total. The van der Waals surface area contributed by atoms with Crippen LogP contribution in [-0.4, -0.2) is 17.9 Å². The molecule has 0 radical (unpaired) electrons. The van der Waals surface area contributed by atoms with Crippen molar-refractivity contribution >= 4 is 27.5 Å². The molecule has 1 aromatic carbocycles. The van der Waals surface area contributed by atoms with Gasteiger partial charge in [0, 0.05) is 19.3 Å². The number of nitrogen functional groups attached to an aromatic ring is 1. The van der Waals surface area contributed by atoms with Crippen LogP contribution in [-0.2, 0) is 6.54 Å². The van der Waals surface area contributed by atoms with Crippen LogP contribution in [0.15, 0.2) is 45.5 Å². The Hall–Kier alpha value is -1.75. The van der Waals surface area contributed by atoms with E-state index < -0.39 is 0 Å². The zero-order valence-electron chi connectivity index (χ0n) is 9.89. The van der Waals surface area contributed by atoms with Gasteiger partial charge in [-0.3, -0.25) is 4.79 Å². The van der Waals surface area contributed by atoms with E-state index in [0.29, 0.717) is 22.7 Å². The summed E-state index contributed by atoms with van der Waals surface area (Å²) in [5.74, 6) is 0.128. The minimum absolute atomic E-state index is 0.177. The Kier molecular flexibility index (Phi) is 3.72. The molecule has 0 unspecified atom stereocenters. The Balaban J connectivity index is 2.11. The first-order chi connectivity index (χ1) is 8.58. The fraction of sp³-hybridized carbons (Fsp3) is 0.154. The molecule has 0 aliphatic rings. The second-order valence-electron chi connectivity index (χ2n) is 3.96. The number of benzene rings is 1. The minimum atomic E-state index is -0.177. The normalized spacial score (nSPS) is 10.3. The Bertz CT molecular complexity index is 566. The topological polar surface area (TPSA) is 59.5 Å². The van der Waals surface area contributed by atoms with Crippen LogP contribution in [0.5, 0.6) is 0 Å². The molecular weight excluding hydrogens is 296 g/mol. The van der Waals surface area contributed by atoms with Gasteiger partial charge >= 0.3 is 0 Å². The highest BCUT2D eigenvalue weighted by atomic mass is 79.9. The van der Waals surface area contributed by atoms with Crippen molar-refractivity contribution in [3.8, 4) is 0 Å². The molecule has 0 spiro atoms. The molecule has 0 fully saturated rings. The van der Waals surface area contributed by atoms with Gasteiger partial charge in [0.25, 0.3) is 5.91 Å². The van der Waals surface area contributed by atoms with Gasteiger partial charge in [-0.25, -0.2) is 0 Å². The molecule has 0 saturated heterocycles. The summed E-state index contributed by atoms with van der Waals surface area (Å²) in [5, 5.41) is 0. The molecule has 0 saturated carbocycles. The quantitative estimate of drug-likeness (QED) is 0.887. The van der Waals surface area contributed by atoms with E-state index in [-0.39, 0.29) is 5.91 Å². The highest BCUT2D eigenvalue weighted by Gasteiger charge is 2.16. The fourth-order valence-electron chi connectivity index (χ4n) is 1.62. The second kappa shape index (κ2) is 5.27. The summed E-state index contributed by atoms with van der Waals surface area (Å²) in [5.41, 5.74) is 7.44. The molecule has 0 aliphatic heterocycles. The lowest BCUT2D eigenvalue weighted by Gasteiger charge is -2.16. The van der Waals surface area contributed by atoms with E-state index in [0.717, 1.165) is 5.56 Å². The van der Waals surface area contributed by atoms with Crippen molar-refractivity contribution in [3.05, 3.63) is 52.4 Å². The largest absolute Gasteiger partial charge is 0.444 e. The summed E-state index contributed by atoms with van der Waals surface area (Å²) in [6, 6.07) is 10.8. The van der Waals surface area contributed by atoms with E-state index in [9.17, 15) is 4.79 Å². The molecule has 0 atom stereocenters. The van der Waals surface area contributed by atoms with E-state index in [1.54, 1.807) is 24.1 Å². The van der Waals surface area contributed by atoms with Gasteiger partial charge in [0.15, 0.2) is 10.4 Å². The van der Waals surface area contributed by atoms with Gasteiger partial charge in [-0.1, -0.05) is 18.2 Å². The highest BCUT2D eigenvalue weighted by Crippen LogP contribution is 2.18. The Morgan fingerprint density at radius 3 is 2.67 bits per heavy atom. The molecule has 18 heavy (non-hydrogen) atoms. The number of furan rings is 1. The summed E-state index contributed by atoms with van der Waals surface area (Å²) in [7, 11) is 1.71. The number of amides is 1. The van der Waals surface area contributed by atoms with Crippen LogP contribution in [0.2, 0.25) is 0 Å². The predicted octanol–water partition coefficient (Wildman–Crippen LogP) is 2.90. The summed E-state index contributed by atoms with van der Waals surface area (Å²) in [6.07, 6.45) is 0. The molecule has 1 amide bonds. The number of rotatable bonds is 3. The third-order valence-corrected chi connectivity index (χ3v) is 3.02. The number of hydrogen-bond acceptors (Lipinski definition) is 3. The predicted molar refractivity (Wildman–Crippen MR) is 73.1 cm³/mol. The Morgan fingerprint density at radius 2 is 2.06 bits per heavy atom. The minimum Gasteiger partial charge on any atom is -0.444 e. The van der Waals surface area contributed by atoms with Crippen LogP contribution in [0.3, 0.4) is 0 Å². The van der Waals surface area contributed by atoms with E-state index >= 15 is 0 Å². The number of para-hydroxylation sites is 1. The maximum atomic E-state index is 12.0. The molecule has 1 heterocycles. The number of carbonyl (C=O) groups excluding carboxylic acids is 1.